The van der Waals surface area contributed by atoms with Gasteiger partial charge in [-0.1, -0.05) is 11.6 Å². The molecule has 3 rings (SSSR count). The maximum Gasteiger partial charge on any atom is 0.317 e. The van der Waals surface area contributed by atoms with Crippen molar-refractivity contribution in [3.05, 3.63) is 28.8 Å². The van der Waals surface area contributed by atoms with Gasteiger partial charge in [0.1, 0.15) is 5.75 Å². The third kappa shape index (κ3) is 3.82. The summed E-state index contributed by atoms with van der Waals surface area (Å²) in [5, 5.41) is 12.6. The first-order valence-corrected chi connectivity index (χ1v) is 8.44. The lowest BCUT2D eigenvalue weighted by Crippen LogP contribution is -2.41. The molecule has 0 radical (unpaired) electrons. The number of halogens is 1. The van der Waals surface area contributed by atoms with Gasteiger partial charge in [-0.2, -0.15) is 0 Å². The highest BCUT2D eigenvalue weighted by molar-refractivity contribution is 6.30. The smallest absolute Gasteiger partial charge is 0.317 e. The van der Waals surface area contributed by atoms with Gasteiger partial charge in [-0.25, -0.2) is 0 Å². The second-order valence-electron chi connectivity index (χ2n) is 6.51. The number of likely N-dealkylation sites (tertiary alicyclic amines) is 1. The van der Waals surface area contributed by atoms with Gasteiger partial charge >= 0.3 is 5.97 Å². The molecule has 6 nitrogen and oxygen atoms in total. The minimum absolute atomic E-state index is 0.0137. The molecule has 1 saturated carbocycles. The van der Waals surface area contributed by atoms with Crippen molar-refractivity contribution in [1.29, 1.82) is 0 Å². The van der Waals surface area contributed by atoms with E-state index in [9.17, 15) is 9.59 Å². The van der Waals surface area contributed by atoms with Gasteiger partial charge < -0.3 is 15.2 Å². The first kappa shape index (κ1) is 17.0. The Hall–Kier alpha value is -1.79. The summed E-state index contributed by atoms with van der Waals surface area (Å²) in [6.07, 6.45) is 2.31. The maximum absolute atomic E-state index is 12.6. The lowest BCUT2D eigenvalue weighted by atomic mass is 9.97. The van der Waals surface area contributed by atoms with Crippen LogP contribution in [0.25, 0.3) is 0 Å². The van der Waals surface area contributed by atoms with Gasteiger partial charge in [-0.05, 0) is 42.9 Å². The second-order valence-corrected chi connectivity index (χ2v) is 6.95. The highest BCUT2D eigenvalue weighted by Gasteiger charge is 2.43. The van der Waals surface area contributed by atoms with E-state index in [1.165, 1.54) is 7.11 Å². The number of benzene rings is 1. The SMILES string of the molecule is COc1cc(Cl)ccc1C(=O)N[C@@H]1CN(CC(=O)O)C[C@H]1C1CC1. The molecular weight excluding hydrogens is 332 g/mol. The van der Waals surface area contributed by atoms with Crippen LogP contribution in [-0.2, 0) is 4.79 Å². The van der Waals surface area contributed by atoms with Crippen molar-refractivity contribution in [3.8, 4) is 5.75 Å². The van der Waals surface area contributed by atoms with Crippen molar-refractivity contribution >= 4 is 23.5 Å². The number of carbonyl (C=O) groups is 2. The molecular formula is C17H21ClN2O4. The number of carbonyl (C=O) groups excluding carboxylic acids is 1. The van der Waals surface area contributed by atoms with Gasteiger partial charge in [0.25, 0.3) is 5.91 Å². The minimum Gasteiger partial charge on any atom is -0.496 e. The van der Waals surface area contributed by atoms with Crippen molar-refractivity contribution in [2.45, 2.75) is 18.9 Å². The van der Waals surface area contributed by atoms with E-state index in [1.807, 2.05) is 4.90 Å². The summed E-state index contributed by atoms with van der Waals surface area (Å²) in [5.41, 5.74) is 0.438. The molecule has 130 valence electrons. The van der Waals surface area contributed by atoms with Crippen LogP contribution >= 0.6 is 11.6 Å². The van der Waals surface area contributed by atoms with E-state index in [1.54, 1.807) is 18.2 Å². The fraction of sp³-hybridized carbons (Fsp3) is 0.529. The molecule has 1 aliphatic carbocycles. The molecule has 2 N–H and O–H groups in total. The van der Waals surface area contributed by atoms with Crippen molar-refractivity contribution in [1.82, 2.24) is 10.2 Å². The Morgan fingerprint density at radius 2 is 2.12 bits per heavy atom. The zero-order chi connectivity index (χ0) is 17.3. The van der Waals surface area contributed by atoms with Gasteiger partial charge in [-0.15, -0.1) is 0 Å². The zero-order valence-electron chi connectivity index (χ0n) is 13.5. The van der Waals surface area contributed by atoms with Gasteiger partial charge in [0.2, 0.25) is 0 Å². The molecule has 0 aromatic heterocycles. The zero-order valence-corrected chi connectivity index (χ0v) is 14.3. The number of ether oxygens (including phenoxy) is 1. The molecule has 24 heavy (non-hydrogen) atoms. The number of hydrogen-bond acceptors (Lipinski definition) is 4. The van der Waals surface area contributed by atoms with Crippen LogP contribution in [0, 0.1) is 11.8 Å². The molecule has 0 spiro atoms. The summed E-state index contributed by atoms with van der Waals surface area (Å²) in [7, 11) is 1.50. The Labute approximate surface area is 145 Å². The quantitative estimate of drug-likeness (QED) is 0.817. The van der Waals surface area contributed by atoms with Crippen LogP contribution in [0.1, 0.15) is 23.2 Å². The van der Waals surface area contributed by atoms with Gasteiger partial charge in [0, 0.05) is 24.2 Å². The number of nitrogens with one attached hydrogen (secondary N) is 1. The van der Waals surface area contributed by atoms with E-state index < -0.39 is 5.97 Å². The highest BCUT2D eigenvalue weighted by atomic mass is 35.5. The fourth-order valence-electron chi connectivity index (χ4n) is 3.49. The lowest BCUT2D eigenvalue weighted by molar-refractivity contribution is -0.138. The Bertz CT molecular complexity index is 647. The van der Waals surface area contributed by atoms with Crippen molar-refractivity contribution in [2.24, 2.45) is 11.8 Å². The standard InChI is InChI=1S/C17H21ClN2O4/c1-24-15-6-11(18)4-5-12(15)17(23)19-14-8-20(9-16(21)22)7-13(14)10-2-3-10/h4-6,10,13-14H,2-3,7-9H2,1H3,(H,19,23)(H,21,22)/t13-,14+/m0/s1. The molecule has 1 aromatic rings. The molecule has 1 amide bonds. The third-order valence-electron chi connectivity index (χ3n) is 4.75. The van der Waals surface area contributed by atoms with Crippen LogP contribution in [0.2, 0.25) is 5.02 Å². The average Bonchev–Trinajstić information content (AvgIpc) is 3.29. The number of hydrogen-bond donors (Lipinski definition) is 2. The van der Waals surface area contributed by atoms with Crippen LogP contribution in [0.4, 0.5) is 0 Å². The number of amides is 1. The number of carboxylic acid groups (broad SMARTS) is 1. The normalized spacial score (nSPS) is 23.9. The van der Waals surface area contributed by atoms with Gasteiger partial charge in [0.15, 0.2) is 0 Å². The van der Waals surface area contributed by atoms with E-state index in [0.29, 0.717) is 34.7 Å². The number of rotatable bonds is 6. The predicted octanol–water partition coefficient (Wildman–Crippen LogP) is 1.87. The Morgan fingerprint density at radius 3 is 2.75 bits per heavy atom. The molecule has 7 heteroatoms. The Kier molecular flexibility index (Phi) is 4.96. The molecule has 1 saturated heterocycles. The number of methoxy groups -OCH3 is 1. The first-order chi connectivity index (χ1) is 11.5. The summed E-state index contributed by atoms with van der Waals surface area (Å²) < 4.78 is 5.24. The molecule has 2 aliphatic rings. The van der Waals surface area contributed by atoms with Crippen molar-refractivity contribution in [2.75, 3.05) is 26.7 Å². The van der Waals surface area contributed by atoms with Gasteiger partial charge in [-0.3, -0.25) is 14.5 Å². The van der Waals surface area contributed by atoms with E-state index >= 15 is 0 Å². The Balaban J connectivity index is 1.71. The summed E-state index contributed by atoms with van der Waals surface area (Å²) in [6.45, 7) is 1.30. The Morgan fingerprint density at radius 1 is 1.38 bits per heavy atom. The molecule has 0 bridgehead atoms. The average molecular weight is 353 g/mol. The molecule has 1 heterocycles. The van der Waals surface area contributed by atoms with E-state index in [2.05, 4.69) is 5.32 Å². The minimum atomic E-state index is -0.837. The van der Waals surface area contributed by atoms with E-state index in [4.69, 9.17) is 21.4 Å². The van der Waals surface area contributed by atoms with Crippen LogP contribution in [0.3, 0.4) is 0 Å². The molecule has 1 aromatic carbocycles. The van der Waals surface area contributed by atoms with Gasteiger partial charge in [0.05, 0.1) is 19.2 Å². The van der Waals surface area contributed by atoms with E-state index in [0.717, 1.165) is 19.4 Å². The fourth-order valence-corrected chi connectivity index (χ4v) is 3.65. The molecule has 2 atom stereocenters. The van der Waals surface area contributed by atoms with Crippen molar-refractivity contribution in [3.63, 3.8) is 0 Å². The maximum atomic E-state index is 12.6. The second kappa shape index (κ2) is 6.99. The molecule has 0 unspecified atom stereocenters. The van der Waals surface area contributed by atoms with E-state index in [-0.39, 0.29) is 18.5 Å². The summed E-state index contributed by atoms with van der Waals surface area (Å²) >= 11 is 5.94. The summed E-state index contributed by atoms with van der Waals surface area (Å²) in [4.78, 5) is 25.5. The topological polar surface area (TPSA) is 78.9 Å². The van der Waals surface area contributed by atoms with Crippen LogP contribution < -0.4 is 10.1 Å². The van der Waals surface area contributed by atoms with Crippen molar-refractivity contribution < 1.29 is 19.4 Å². The van der Waals surface area contributed by atoms with Crippen LogP contribution in [-0.4, -0.2) is 54.7 Å². The largest absolute Gasteiger partial charge is 0.496 e. The number of nitrogens with zero attached hydrogens (tertiary/aromatic N) is 1. The summed E-state index contributed by atoms with van der Waals surface area (Å²) in [6, 6.07) is 4.87. The lowest BCUT2D eigenvalue weighted by Gasteiger charge is -2.20. The number of aliphatic carboxylic acids is 1. The third-order valence-corrected chi connectivity index (χ3v) is 4.99. The summed E-state index contributed by atoms with van der Waals surface area (Å²) in [5.74, 6) is 0.281. The monoisotopic (exact) mass is 352 g/mol. The molecule has 1 aliphatic heterocycles. The first-order valence-electron chi connectivity index (χ1n) is 8.06. The number of carboxylic acids is 1. The predicted molar refractivity (Wildman–Crippen MR) is 89.5 cm³/mol. The van der Waals surface area contributed by atoms with Crippen LogP contribution in [0.15, 0.2) is 18.2 Å². The van der Waals surface area contributed by atoms with Crippen LogP contribution in [0.5, 0.6) is 5.75 Å². The molecule has 2 fully saturated rings. The highest BCUT2D eigenvalue weighted by Crippen LogP contribution is 2.41.